The number of methoxy groups -OCH3 is 1. The highest BCUT2D eigenvalue weighted by atomic mass is 16.5. The topological polar surface area (TPSA) is 55.6 Å². The first-order valence-electron chi connectivity index (χ1n) is 6.68. The van der Waals surface area contributed by atoms with E-state index in [0.717, 1.165) is 23.4 Å². The molecular formula is C15H24N2O2. The van der Waals surface area contributed by atoms with Gasteiger partial charge in [0.05, 0.1) is 7.11 Å². The number of ether oxygens (including phenoxy) is 1. The summed E-state index contributed by atoms with van der Waals surface area (Å²) in [6.45, 7) is 3.98. The van der Waals surface area contributed by atoms with E-state index in [0.29, 0.717) is 12.8 Å². The average Bonchev–Trinajstić information content (AvgIpc) is 2.42. The minimum atomic E-state index is 0.0550. The van der Waals surface area contributed by atoms with Crippen molar-refractivity contribution in [3.63, 3.8) is 0 Å². The Labute approximate surface area is 115 Å². The molecule has 0 bridgehead atoms. The van der Waals surface area contributed by atoms with Crippen LogP contribution in [0.3, 0.4) is 0 Å². The van der Waals surface area contributed by atoms with Crippen LogP contribution in [0.25, 0.3) is 0 Å². The van der Waals surface area contributed by atoms with E-state index in [1.165, 1.54) is 0 Å². The summed E-state index contributed by atoms with van der Waals surface area (Å²) in [5, 5.41) is 0. The monoisotopic (exact) mass is 264 g/mol. The van der Waals surface area contributed by atoms with Crippen molar-refractivity contribution in [1.29, 1.82) is 0 Å². The molecule has 1 unspecified atom stereocenters. The summed E-state index contributed by atoms with van der Waals surface area (Å²) < 4.78 is 5.29. The fourth-order valence-corrected chi connectivity index (χ4v) is 1.91. The van der Waals surface area contributed by atoms with Crippen molar-refractivity contribution in [2.45, 2.75) is 39.2 Å². The standard InChI is InChI=1S/C15H24N2O2/c1-5-12-10-13(7-8-14(12)19-4)17(3)15(18)9-6-11(2)16/h7-8,10-11H,5-6,9,16H2,1-4H3. The second kappa shape index (κ2) is 7.14. The fraction of sp³-hybridized carbons (Fsp3) is 0.533. The zero-order chi connectivity index (χ0) is 14.4. The predicted octanol–water partition coefficient (Wildman–Crippen LogP) is 2.35. The molecule has 1 rings (SSSR count). The molecule has 1 amide bonds. The maximum Gasteiger partial charge on any atom is 0.226 e. The lowest BCUT2D eigenvalue weighted by atomic mass is 10.1. The SMILES string of the molecule is CCc1cc(N(C)C(=O)CCC(C)N)ccc1OC. The second-order valence-electron chi connectivity index (χ2n) is 4.82. The Morgan fingerprint density at radius 1 is 1.47 bits per heavy atom. The van der Waals surface area contributed by atoms with Crippen LogP contribution in [0, 0.1) is 0 Å². The first-order valence-corrected chi connectivity index (χ1v) is 6.68. The number of carbonyl (C=O) groups is 1. The van der Waals surface area contributed by atoms with E-state index in [4.69, 9.17) is 10.5 Å². The van der Waals surface area contributed by atoms with Gasteiger partial charge in [-0.05, 0) is 43.5 Å². The summed E-state index contributed by atoms with van der Waals surface area (Å²) >= 11 is 0. The lowest BCUT2D eigenvalue weighted by molar-refractivity contribution is -0.118. The Morgan fingerprint density at radius 2 is 2.16 bits per heavy atom. The number of benzene rings is 1. The lowest BCUT2D eigenvalue weighted by Gasteiger charge is -2.19. The first-order chi connectivity index (χ1) is 8.99. The number of nitrogens with two attached hydrogens (primary N) is 1. The number of hydrogen-bond acceptors (Lipinski definition) is 3. The highest BCUT2D eigenvalue weighted by Gasteiger charge is 2.13. The van der Waals surface area contributed by atoms with Crippen LogP contribution in [-0.4, -0.2) is 26.1 Å². The number of anilines is 1. The normalized spacial score (nSPS) is 12.1. The zero-order valence-corrected chi connectivity index (χ0v) is 12.3. The molecular weight excluding hydrogens is 240 g/mol. The van der Waals surface area contributed by atoms with Gasteiger partial charge in [0, 0.05) is 25.2 Å². The zero-order valence-electron chi connectivity index (χ0n) is 12.3. The van der Waals surface area contributed by atoms with E-state index in [1.807, 2.05) is 25.1 Å². The third kappa shape index (κ3) is 4.24. The summed E-state index contributed by atoms with van der Waals surface area (Å²) in [4.78, 5) is 13.7. The number of aryl methyl sites for hydroxylation is 1. The quantitative estimate of drug-likeness (QED) is 0.858. The Bertz CT molecular complexity index is 430. The Balaban J connectivity index is 2.81. The largest absolute Gasteiger partial charge is 0.496 e. The van der Waals surface area contributed by atoms with E-state index in [9.17, 15) is 4.79 Å². The van der Waals surface area contributed by atoms with Gasteiger partial charge in [0.25, 0.3) is 0 Å². The van der Waals surface area contributed by atoms with E-state index in [-0.39, 0.29) is 11.9 Å². The maximum absolute atomic E-state index is 12.0. The number of hydrogen-bond donors (Lipinski definition) is 1. The van der Waals surface area contributed by atoms with Crippen molar-refractivity contribution >= 4 is 11.6 Å². The molecule has 4 nitrogen and oxygen atoms in total. The summed E-state index contributed by atoms with van der Waals surface area (Å²) in [6.07, 6.45) is 2.06. The molecule has 1 atom stereocenters. The Hall–Kier alpha value is -1.55. The smallest absolute Gasteiger partial charge is 0.226 e. The van der Waals surface area contributed by atoms with Crippen molar-refractivity contribution in [2.75, 3.05) is 19.1 Å². The molecule has 2 N–H and O–H groups in total. The van der Waals surface area contributed by atoms with Crippen LogP contribution in [0.5, 0.6) is 5.75 Å². The summed E-state index contributed by atoms with van der Waals surface area (Å²) in [5.74, 6) is 0.951. The van der Waals surface area contributed by atoms with Crippen LogP contribution >= 0.6 is 0 Å². The molecule has 0 aliphatic heterocycles. The maximum atomic E-state index is 12.0. The van der Waals surface area contributed by atoms with Gasteiger partial charge in [0.1, 0.15) is 5.75 Å². The van der Waals surface area contributed by atoms with E-state index in [1.54, 1.807) is 19.1 Å². The third-order valence-electron chi connectivity index (χ3n) is 3.22. The Kier molecular flexibility index (Phi) is 5.83. The van der Waals surface area contributed by atoms with Gasteiger partial charge >= 0.3 is 0 Å². The van der Waals surface area contributed by atoms with Gasteiger partial charge in [0.2, 0.25) is 5.91 Å². The van der Waals surface area contributed by atoms with Gasteiger partial charge in [-0.25, -0.2) is 0 Å². The van der Waals surface area contributed by atoms with Crippen molar-refractivity contribution in [3.8, 4) is 5.75 Å². The van der Waals surface area contributed by atoms with Gasteiger partial charge < -0.3 is 15.4 Å². The van der Waals surface area contributed by atoms with E-state index >= 15 is 0 Å². The molecule has 19 heavy (non-hydrogen) atoms. The molecule has 0 fully saturated rings. The fourth-order valence-electron chi connectivity index (χ4n) is 1.91. The number of nitrogens with zero attached hydrogens (tertiary/aromatic N) is 1. The van der Waals surface area contributed by atoms with Crippen molar-refractivity contribution in [2.24, 2.45) is 5.73 Å². The van der Waals surface area contributed by atoms with Gasteiger partial charge in [-0.3, -0.25) is 4.79 Å². The molecule has 0 heterocycles. The number of carbonyl (C=O) groups excluding carboxylic acids is 1. The molecule has 4 heteroatoms. The van der Waals surface area contributed by atoms with Crippen molar-refractivity contribution in [3.05, 3.63) is 23.8 Å². The highest BCUT2D eigenvalue weighted by Crippen LogP contribution is 2.25. The average molecular weight is 264 g/mol. The van der Waals surface area contributed by atoms with Gasteiger partial charge in [-0.2, -0.15) is 0 Å². The molecule has 106 valence electrons. The lowest BCUT2D eigenvalue weighted by Crippen LogP contribution is -2.28. The van der Waals surface area contributed by atoms with Crippen LogP contribution in [0.15, 0.2) is 18.2 Å². The minimum Gasteiger partial charge on any atom is -0.496 e. The molecule has 0 spiro atoms. The molecule has 1 aromatic carbocycles. The molecule has 0 aliphatic carbocycles. The molecule has 0 aliphatic rings. The molecule has 0 aromatic heterocycles. The van der Waals surface area contributed by atoms with Crippen molar-refractivity contribution in [1.82, 2.24) is 0 Å². The van der Waals surface area contributed by atoms with E-state index < -0.39 is 0 Å². The third-order valence-corrected chi connectivity index (χ3v) is 3.22. The van der Waals surface area contributed by atoms with E-state index in [2.05, 4.69) is 6.92 Å². The number of amides is 1. The minimum absolute atomic E-state index is 0.0550. The highest BCUT2D eigenvalue weighted by molar-refractivity contribution is 5.93. The van der Waals surface area contributed by atoms with Crippen LogP contribution in [-0.2, 0) is 11.2 Å². The Morgan fingerprint density at radius 3 is 2.68 bits per heavy atom. The summed E-state index contributed by atoms with van der Waals surface area (Å²) in [6, 6.07) is 5.87. The van der Waals surface area contributed by atoms with Gasteiger partial charge in [0.15, 0.2) is 0 Å². The van der Waals surface area contributed by atoms with Crippen LogP contribution in [0.2, 0.25) is 0 Å². The molecule has 0 radical (unpaired) electrons. The predicted molar refractivity (Wildman–Crippen MR) is 78.7 cm³/mol. The summed E-state index contributed by atoms with van der Waals surface area (Å²) in [5.41, 5.74) is 7.68. The molecule has 0 saturated carbocycles. The molecule has 0 saturated heterocycles. The first kappa shape index (κ1) is 15.5. The summed E-state index contributed by atoms with van der Waals surface area (Å²) in [7, 11) is 3.45. The van der Waals surface area contributed by atoms with Gasteiger partial charge in [-0.15, -0.1) is 0 Å². The van der Waals surface area contributed by atoms with Crippen LogP contribution in [0.1, 0.15) is 32.3 Å². The molecule has 1 aromatic rings. The van der Waals surface area contributed by atoms with Crippen LogP contribution < -0.4 is 15.4 Å². The van der Waals surface area contributed by atoms with Crippen molar-refractivity contribution < 1.29 is 9.53 Å². The second-order valence-corrected chi connectivity index (χ2v) is 4.82. The van der Waals surface area contributed by atoms with Crippen LogP contribution in [0.4, 0.5) is 5.69 Å². The number of rotatable bonds is 6. The van der Waals surface area contributed by atoms with Gasteiger partial charge in [-0.1, -0.05) is 6.92 Å².